The number of amides is 1. The van der Waals surface area contributed by atoms with Gasteiger partial charge in [0.25, 0.3) is 0 Å². The fourth-order valence-corrected chi connectivity index (χ4v) is 27.6. The molecular formula is C111H125N3O27. The van der Waals surface area contributed by atoms with Gasteiger partial charge in [0.2, 0.25) is 0 Å². The second-order valence-corrected chi connectivity index (χ2v) is 42.4. The molecule has 11 fully saturated rings. The highest BCUT2D eigenvalue weighted by molar-refractivity contribution is 6.03. The fraction of sp³-hybridized carbons (Fsp3) is 0.468. The van der Waals surface area contributed by atoms with Crippen LogP contribution in [-0.2, 0) is 52.5 Å². The van der Waals surface area contributed by atoms with Crippen molar-refractivity contribution >= 4 is 82.0 Å². The van der Waals surface area contributed by atoms with Crippen molar-refractivity contribution in [1.82, 2.24) is 0 Å². The smallest absolute Gasteiger partial charge is 0.412 e. The highest BCUT2D eigenvalue weighted by atomic mass is 16.8. The standard InChI is InChI=1S/2C35H37NO8.C21H28O6.C19H19NO5.CH4/c2*1-33-13-12-23(38)14-21(33)10-11-25-26-16-29-35(28(40)18-37,34(26,2)17-27(39)30(25)33)44-32(43-29)20-8-6-19(7-9-20)31(41)42-24-5-3-4-22(36)15-24;1-19-6-5-12(23)7-11(19)3-4-13-14-8-16(25)21(27,17(26)10-22)20(14,2)9-15(24)18(13)19;1-19(2,3)25-18(23)20-15-5-4-6-16(11-15)24-17(22)14-9-7-13(12-21)8-10-14;/h2*3-9,12-15,25-27,29-30,32,37,39H,10-11,16-18,36H2,1-2H3;5-7,13-16,18,22,24-25,27H,3-4,8-10H2,1-2H3;4-12H,1-3H3,(H,20,23);1H4/t25-,26-,27-,29+,30+,32+,33-,34-,35+;25-,26-,27-,29+,30+,32-,33-,34-,35+;13-,14-,15-,16+,18+,19-,20-,21-;;/m000../s1. The maximum absolute atomic E-state index is 13.7. The largest absolute Gasteiger partial charge is 0.444 e. The summed E-state index contributed by atoms with van der Waals surface area (Å²) in [5.41, 5.74) is 9.34. The SMILES string of the molecule is C.CC(C)(C)OC(=O)Nc1cccc(OC(=O)c2ccc(C=O)cc2)c1.C[C@]12C=CC(=O)C=C1CC[C@@H]1[C@@H]2[C@@H](O)C[C@@]2(C)[C@H]1C[C@@H](O)[C@]2(O)C(=O)CO.C[C@]12C=CC(=O)C=C1CC[C@@H]1[C@@H]2[C@@H](O)C[C@@]2(C)[C@H]1C[C@H]1O[C@@H](c3ccc(C(=O)Oc4cccc(N)c4)cc3)O[C@]12C(=O)CO.C[C@]12C=CC(=O)C=C1CC[C@@H]1[C@@H]2[C@@H](O)C[C@@]2(C)[C@H]1C[C@H]1O[C@H](c3ccc(C(=O)Oc4cccc(N)c4)cc3)O[C@]12C(=O)CO. The summed E-state index contributed by atoms with van der Waals surface area (Å²) >= 11 is 0. The zero-order valence-electron chi connectivity index (χ0n) is 79.5. The lowest BCUT2D eigenvalue weighted by Crippen LogP contribution is -2.63. The Bertz CT molecular complexity index is 5920. The number of rotatable bonds is 16. The molecule has 0 radical (unpaired) electrons. The molecule has 2 saturated heterocycles. The molecule has 26 atom stereocenters. The number of nitrogen functional groups attached to an aromatic ring is 2. The van der Waals surface area contributed by atoms with Gasteiger partial charge in [-0.3, -0.25) is 38.9 Å². The topological polar surface area (TPSA) is 488 Å². The van der Waals surface area contributed by atoms with Crippen LogP contribution in [0.15, 0.2) is 217 Å². The Kier molecular flexibility index (Phi) is 27.9. The van der Waals surface area contributed by atoms with E-state index in [1.807, 2.05) is 39.0 Å². The Balaban J connectivity index is 0.000000139. The summed E-state index contributed by atoms with van der Waals surface area (Å²) < 4.78 is 47.5. The Hall–Kier alpha value is -11.8. The molecule has 0 spiro atoms. The number of Topliss-reactive ketones (excluding diaryl/α,β-unsaturated/α-hetero) is 3. The molecule has 141 heavy (non-hydrogen) atoms. The molecule has 746 valence electrons. The Morgan fingerprint density at radius 2 is 0.816 bits per heavy atom. The van der Waals surface area contributed by atoms with Crippen LogP contribution in [-0.4, -0.2) is 185 Å². The molecule has 9 saturated carbocycles. The third-order valence-electron chi connectivity index (χ3n) is 33.8. The lowest BCUT2D eigenvalue weighted by atomic mass is 9.46. The van der Waals surface area contributed by atoms with Gasteiger partial charge in [0.15, 0.2) is 64.1 Å². The minimum atomic E-state index is -2.05. The molecular weight excluding hydrogens is 1810 g/mol. The number of ketones is 6. The van der Waals surface area contributed by atoms with Gasteiger partial charge in [0, 0.05) is 102 Å². The van der Waals surface area contributed by atoms with Crippen LogP contribution in [0.1, 0.15) is 212 Å². The van der Waals surface area contributed by atoms with E-state index in [2.05, 4.69) is 19.2 Å². The molecule has 13 N–H and O–H groups in total. The van der Waals surface area contributed by atoms with Gasteiger partial charge in [-0.1, -0.05) is 139 Å². The summed E-state index contributed by atoms with van der Waals surface area (Å²) in [4.78, 5) is 136. The summed E-state index contributed by atoms with van der Waals surface area (Å²) in [6.07, 6.45) is 15.9. The van der Waals surface area contributed by atoms with Gasteiger partial charge in [-0.2, -0.15) is 0 Å². The normalized spacial score (nSPS) is 35.8. The van der Waals surface area contributed by atoms with Crippen LogP contribution in [0.25, 0.3) is 0 Å². The molecule has 0 bridgehead atoms. The predicted molar refractivity (Wildman–Crippen MR) is 515 cm³/mol. The molecule has 6 aromatic rings. The molecule has 30 nitrogen and oxygen atoms in total. The first kappa shape index (κ1) is 102. The van der Waals surface area contributed by atoms with Gasteiger partial charge in [0.05, 0.1) is 53.3 Å². The van der Waals surface area contributed by atoms with Crippen molar-refractivity contribution in [3.05, 3.63) is 250 Å². The number of benzene rings is 6. The zero-order chi connectivity index (χ0) is 100. The molecule has 20 rings (SSSR count). The van der Waals surface area contributed by atoms with Crippen molar-refractivity contribution in [3.8, 4) is 17.2 Å². The average molecular weight is 1930 g/mol. The van der Waals surface area contributed by atoms with Gasteiger partial charge in [-0.05, 0) is 243 Å². The van der Waals surface area contributed by atoms with Crippen LogP contribution < -0.4 is 31.0 Å². The summed E-state index contributed by atoms with van der Waals surface area (Å²) in [7, 11) is 0. The highest BCUT2D eigenvalue weighted by Gasteiger charge is 2.79. The zero-order valence-corrected chi connectivity index (χ0v) is 79.5. The van der Waals surface area contributed by atoms with Crippen LogP contribution in [0.2, 0.25) is 0 Å². The quantitative estimate of drug-likeness (QED) is 0.0185. The van der Waals surface area contributed by atoms with Gasteiger partial charge < -0.3 is 90.2 Å². The molecule has 1 amide bonds. The molecule has 2 aliphatic heterocycles. The number of hydrogen-bond donors (Lipinski definition) is 11. The first-order valence-electron chi connectivity index (χ1n) is 48.0. The second-order valence-electron chi connectivity index (χ2n) is 42.4. The van der Waals surface area contributed by atoms with Crippen molar-refractivity contribution < 1.29 is 131 Å². The monoisotopic (exact) mass is 1930 g/mol. The second kappa shape index (κ2) is 38.5. The van der Waals surface area contributed by atoms with E-state index in [4.69, 9.17) is 49.4 Å². The van der Waals surface area contributed by atoms with E-state index in [1.54, 1.807) is 179 Å². The number of carbonyl (C=O) groups excluding carboxylic acids is 11. The molecule has 14 aliphatic rings. The number of ether oxygens (including phenoxy) is 8. The summed E-state index contributed by atoms with van der Waals surface area (Å²) in [5, 5.41) is 88.9. The first-order valence-corrected chi connectivity index (χ1v) is 48.0. The van der Waals surface area contributed by atoms with E-state index in [9.17, 15) is 93.6 Å². The average Bonchev–Trinajstić information content (AvgIpc) is 1.52. The fourth-order valence-electron chi connectivity index (χ4n) is 27.6. The summed E-state index contributed by atoms with van der Waals surface area (Å²) in [6, 6.07) is 39.0. The number of fused-ring (bicyclic) bond motifs is 19. The number of carbonyl (C=O) groups is 11. The third-order valence-corrected chi connectivity index (χ3v) is 33.8. The Labute approximate surface area is 817 Å². The molecule has 12 aliphatic carbocycles. The van der Waals surface area contributed by atoms with Gasteiger partial charge in [0.1, 0.15) is 49.0 Å². The van der Waals surface area contributed by atoms with Crippen LogP contribution in [0.3, 0.4) is 0 Å². The predicted octanol–water partition coefficient (Wildman–Crippen LogP) is 13.4. The van der Waals surface area contributed by atoms with Crippen LogP contribution >= 0.6 is 0 Å². The number of esters is 3. The Morgan fingerprint density at radius 3 is 1.17 bits per heavy atom. The third kappa shape index (κ3) is 17.7. The number of aldehydes is 1. The van der Waals surface area contributed by atoms with E-state index in [0.717, 1.165) is 55.2 Å². The maximum Gasteiger partial charge on any atom is 0.412 e. The van der Waals surface area contributed by atoms with Crippen molar-refractivity contribution in [2.24, 2.45) is 85.8 Å². The van der Waals surface area contributed by atoms with Crippen LogP contribution in [0.4, 0.5) is 21.9 Å². The Morgan fingerprint density at radius 1 is 0.468 bits per heavy atom. The van der Waals surface area contributed by atoms with E-state index >= 15 is 0 Å². The van der Waals surface area contributed by atoms with Crippen molar-refractivity contribution in [3.63, 3.8) is 0 Å². The van der Waals surface area contributed by atoms with E-state index in [-0.39, 0.29) is 96.6 Å². The van der Waals surface area contributed by atoms with Gasteiger partial charge >= 0.3 is 24.0 Å². The van der Waals surface area contributed by atoms with Crippen LogP contribution in [0, 0.1) is 85.8 Å². The number of nitrogens with two attached hydrogens (primary N) is 2. The maximum atomic E-state index is 13.7. The number of hydrogen-bond acceptors (Lipinski definition) is 29. The summed E-state index contributed by atoms with van der Waals surface area (Å²) in [5.74, 6) is -2.79. The first-order chi connectivity index (χ1) is 66.3. The number of nitrogens with one attached hydrogen (secondary N) is 1. The van der Waals surface area contributed by atoms with E-state index in [1.165, 1.54) is 30.3 Å². The molecule has 2 heterocycles. The lowest BCUT2D eigenvalue weighted by Gasteiger charge is -2.59. The minimum Gasteiger partial charge on any atom is -0.444 e. The van der Waals surface area contributed by atoms with Crippen molar-refractivity contribution in [1.29, 1.82) is 0 Å². The van der Waals surface area contributed by atoms with E-state index < -0.39 is 165 Å². The van der Waals surface area contributed by atoms with Gasteiger partial charge in [-0.25, -0.2) is 19.2 Å². The van der Waals surface area contributed by atoms with Crippen molar-refractivity contribution in [2.75, 3.05) is 36.6 Å². The summed E-state index contributed by atoms with van der Waals surface area (Å²) in [6.45, 7) is 15.1. The molecule has 0 aromatic heterocycles. The van der Waals surface area contributed by atoms with Crippen molar-refractivity contribution in [2.45, 2.75) is 218 Å². The van der Waals surface area contributed by atoms with Gasteiger partial charge in [-0.15, -0.1) is 0 Å². The van der Waals surface area contributed by atoms with Crippen LogP contribution in [0.5, 0.6) is 17.2 Å². The number of aliphatic hydroxyl groups is 8. The number of aliphatic hydroxyl groups excluding tert-OH is 7. The highest BCUT2D eigenvalue weighted by Crippen LogP contribution is 2.74. The molecule has 30 heteroatoms. The number of allylic oxidation sites excluding steroid dienone is 12. The molecule has 0 unspecified atom stereocenters. The lowest BCUT2D eigenvalue weighted by molar-refractivity contribution is -0.201. The minimum absolute atomic E-state index is 0. The number of anilines is 3. The molecule has 6 aromatic carbocycles. The van der Waals surface area contributed by atoms with E-state index in [0.29, 0.717) is 93.9 Å².